The number of esters is 1. The monoisotopic (exact) mass is 272 g/mol. The van der Waals surface area contributed by atoms with Gasteiger partial charge in [-0.3, -0.25) is 14.9 Å². The molecule has 0 saturated carbocycles. The number of nitro groups is 1. The van der Waals surface area contributed by atoms with E-state index in [0.29, 0.717) is 0 Å². The van der Waals surface area contributed by atoms with E-state index in [1.54, 1.807) is 0 Å². The molecule has 1 amide bonds. The van der Waals surface area contributed by atoms with Crippen LogP contribution in [0.3, 0.4) is 0 Å². The second-order valence-electron chi connectivity index (χ2n) is 3.37. The average molecular weight is 273 g/mol. The van der Waals surface area contributed by atoms with Gasteiger partial charge in [0.15, 0.2) is 6.10 Å². The molecule has 0 fully saturated rings. The molecule has 1 rings (SSSR count). The molecule has 1 aromatic rings. The van der Waals surface area contributed by atoms with E-state index in [4.69, 9.17) is 17.3 Å². The number of hydrogen-bond donors (Lipinski definition) is 1. The van der Waals surface area contributed by atoms with Crippen molar-refractivity contribution in [1.29, 1.82) is 0 Å². The largest absolute Gasteiger partial charge is 0.449 e. The lowest BCUT2D eigenvalue weighted by atomic mass is 10.2. The number of ether oxygens (including phenoxy) is 1. The standard InChI is InChI=1S/C10H9ClN2O5/c1-5(9(12)14)18-10(15)7-3-2-6(11)4-8(7)13(16)17/h2-5H,1H3,(H2,12,14). The van der Waals surface area contributed by atoms with Crippen LogP contribution in [-0.2, 0) is 9.53 Å². The van der Waals surface area contributed by atoms with Crippen LogP contribution in [0.5, 0.6) is 0 Å². The first-order valence-corrected chi connectivity index (χ1v) is 5.15. The molecule has 8 heteroatoms. The lowest BCUT2D eigenvalue weighted by molar-refractivity contribution is -0.385. The third-order valence-electron chi connectivity index (χ3n) is 2.06. The molecule has 0 aliphatic heterocycles. The Kier molecular flexibility index (Phi) is 4.22. The zero-order valence-corrected chi connectivity index (χ0v) is 10.0. The molecule has 0 heterocycles. The minimum absolute atomic E-state index is 0.112. The molecule has 7 nitrogen and oxygen atoms in total. The zero-order chi connectivity index (χ0) is 13.9. The van der Waals surface area contributed by atoms with Crippen molar-refractivity contribution in [2.24, 2.45) is 5.73 Å². The number of amides is 1. The number of nitrogens with zero attached hydrogens (tertiary/aromatic N) is 1. The number of benzene rings is 1. The van der Waals surface area contributed by atoms with E-state index in [-0.39, 0.29) is 10.6 Å². The molecule has 0 aromatic heterocycles. The van der Waals surface area contributed by atoms with Crippen molar-refractivity contribution < 1.29 is 19.2 Å². The normalized spacial score (nSPS) is 11.7. The number of primary amides is 1. The summed E-state index contributed by atoms with van der Waals surface area (Å²) >= 11 is 5.59. The molecule has 0 saturated heterocycles. The first-order chi connectivity index (χ1) is 8.32. The lowest BCUT2D eigenvalue weighted by Crippen LogP contribution is -2.30. The van der Waals surface area contributed by atoms with Crippen LogP contribution in [-0.4, -0.2) is 22.9 Å². The quantitative estimate of drug-likeness (QED) is 0.504. The summed E-state index contributed by atoms with van der Waals surface area (Å²) in [6.45, 7) is 1.27. The number of carbonyl (C=O) groups is 2. The Labute approximate surface area is 107 Å². The number of rotatable bonds is 4. The highest BCUT2D eigenvalue weighted by Gasteiger charge is 2.24. The molecule has 0 aliphatic carbocycles. The van der Waals surface area contributed by atoms with Crippen LogP contribution in [0.25, 0.3) is 0 Å². The molecule has 2 N–H and O–H groups in total. The molecule has 1 unspecified atom stereocenters. The van der Waals surface area contributed by atoms with Gasteiger partial charge in [-0.2, -0.15) is 0 Å². The zero-order valence-electron chi connectivity index (χ0n) is 9.25. The van der Waals surface area contributed by atoms with E-state index < -0.39 is 28.6 Å². The molecule has 1 atom stereocenters. The topological polar surface area (TPSA) is 113 Å². The van der Waals surface area contributed by atoms with E-state index in [2.05, 4.69) is 4.74 Å². The van der Waals surface area contributed by atoms with Crippen molar-refractivity contribution in [2.45, 2.75) is 13.0 Å². The number of carbonyl (C=O) groups excluding carboxylic acids is 2. The van der Waals surface area contributed by atoms with E-state index in [9.17, 15) is 19.7 Å². The van der Waals surface area contributed by atoms with Crippen LogP contribution in [0.4, 0.5) is 5.69 Å². The Hall–Kier alpha value is -2.15. The van der Waals surface area contributed by atoms with Gasteiger partial charge >= 0.3 is 5.97 Å². The molecule has 0 radical (unpaired) electrons. The van der Waals surface area contributed by atoms with Crippen LogP contribution in [0, 0.1) is 10.1 Å². The first kappa shape index (κ1) is 13.9. The molecule has 1 aromatic carbocycles. The molecular formula is C10H9ClN2O5. The fraction of sp³-hybridized carbons (Fsp3) is 0.200. The summed E-state index contributed by atoms with van der Waals surface area (Å²) in [7, 11) is 0. The summed E-state index contributed by atoms with van der Waals surface area (Å²) in [5.41, 5.74) is 4.12. The van der Waals surface area contributed by atoms with Gasteiger partial charge in [0.1, 0.15) is 5.56 Å². The van der Waals surface area contributed by atoms with Gasteiger partial charge < -0.3 is 10.5 Å². The van der Waals surface area contributed by atoms with Crippen molar-refractivity contribution in [1.82, 2.24) is 0 Å². The number of hydrogen-bond acceptors (Lipinski definition) is 5. The maximum absolute atomic E-state index is 11.6. The predicted molar refractivity (Wildman–Crippen MR) is 62.2 cm³/mol. The fourth-order valence-corrected chi connectivity index (χ4v) is 1.28. The van der Waals surface area contributed by atoms with Crippen LogP contribution >= 0.6 is 11.6 Å². The number of nitrogens with two attached hydrogens (primary N) is 1. The van der Waals surface area contributed by atoms with Gasteiger partial charge in [-0.15, -0.1) is 0 Å². The summed E-state index contributed by atoms with van der Waals surface area (Å²) < 4.78 is 4.67. The second kappa shape index (κ2) is 5.46. The Morgan fingerprint density at radius 1 is 1.50 bits per heavy atom. The minimum atomic E-state index is -1.17. The van der Waals surface area contributed by atoms with Crippen molar-refractivity contribution in [3.63, 3.8) is 0 Å². The summed E-state index contributed by atoms with van der Waals surface area (Å²) in [4.78, 5) is 32.3. The number of nitro benzene ring substituents is 1. The molecule has 0 spiro atoms. The molecule has 0 aliphatic rings. The van der Waals surface area contributed by atoms with Crippen LogP contribution in [0.1, 0.15) is 17.3 Å². The predicted octanol–water partition coefficient (Wildman–Crippen LogP) is 1.28. The average Bonchev–Trinajstić information content (AvgIpc) is 2.28. The van der Waals surface area contributed by atoms with Gasteiger partial charge in [0.2, 0.25) is 0 Å². The highest BCUT2D eigenvalue weighted by atomic mass is 35.5. The molecular weight excluding hydrogens is 264 g/mol. The highest BCUT2D eigenvalue weighted by Crippen LogP contribution is 2.24. The van der Waals surface area contributed by atoms with E-state index >= 15 is 0 Å². The summed E-state index contributed by atoms with van der Waals surface area (Å²) in [6, 6.07) is 3.48. The minimum Gasteiger partial charge on any atom is -0.449 e. The van der Waals surface area contributed by atoms with Gasteiger partial charge in [0, 0.05) is 11.1 Å². The van der Waals surface area contributed by atoms with Crippen molar-refractivity contribution in [3.8, 4) is 0 Å². The van der Waals surface area contributed by atoms with Gasteiger partial charge in [-0.1, -0.05) is 11.6 Å². The first-order valence-electron chi connectivity index (χ1n) is 4.77. The SMILES string of the molecule is CC(OC(=O)c1ccc(Cl)cc1[N+](=O)[O-])C(N)=O. The van der Waals surface area contributed by atoms with E-state index in [0.717, 1.165) is 12.1 Å². The molecule has 0 bridgehead atoms. The van der Waals surface area contributed by atoms with Crippen LogP contribution in [0.15, 0.2) is 18.2 Å². The fourth-order valence-electron chi connectivity index (χ4n) is 1.11. The number of halogens is 1. The Bertz CT molecular complexity index is 517. The van der Waals surface area contributed by atoms with Crippen molar-refractivity contribution in [2.75, 3.05) is 0 Å². The van der Waals surface area contributed by atoms with Gasteiger partial charge in [-0.05, 0) is 19.1 Å². The van der Waals surface area contributed by atoms with Gasteiger partial charge in [0.05, 0.1) is 4.92 Å². The third kappa shape index (κ3) is 3.17. The third-order valence-corrected chi connectivity index (χ3v) is 2.30. The Morgan fingerprint density at radius 3 is 2.61 bits per heavy atom. The van der Waals surface area contributed by atoms with Crippen LogP contribution in [0.2, 0.25) is 5.02 Å². The summed E-state index contributed by atoms with van der Waals surface area (Å²) in [6.07, 6.45) is -1.17. The second-order valence-corrected chi connectivity index (χ2v) is 3.80. The highest BCUT2D eigenvalue weighted by molar-refractivity contribution is 6.31. The maximum Gasteiger partial charge on any atom is 0.345 e. The Balaban J connectivity index is 3.06. The van der Waals surface area contributed by atoms with Gasteiger partial charge in [-0.25, -0.2) is 4.79 Å². The lowest BCUT2D eigenvalue weighted by Gasteiger charge is -2.09. The van der Waals surface area contributed by atoms with Gasteiger partial charge in [0.25, 0.3) is 11.6 Å². The van der Waals surface area contributed by atoms with E-state index in [1.807, 2.05) is 0 Å². The van der Waals surface area contributed by atoms with Crippen LogP contribution < -0.4 is 5.73 Å². The molecule has 96 valence electrons. The van der Waals surface area contributed by atoms with Crippen molar-refractivity contribution in [3.05, 3.63) is 38.9 Å². The van der Waals surface area contributed by atoms with E-state index in [1.165, 1.54) is 13.0 Å². The Morgan fingerprint density at radius 2 is 2.11 bits per heavy atom. The van der Waals surface area contributed by atoms with Crippen molar-refractivity contribution >= 4 is 29.2 Å². The molecule has 18 heavy (non-hydrogen) atoms. The smallest absolute Gasteiger partial charge is 0.345 e. The summed E-state index contributed by atoms with van der Waals surface area (Å²) in [5, 5.41) is 10.9. The summed E-state index contributed by atoms with van der Waals surface area (Å²) in [5.74, 6) is -1.86. The maximum atomic E-state index is 11.6.